The number of hydrogen-bond acceptors (Lipinski definition) is 5. The van der Waals surface area contributed by atoms with Crippen molar-refractivity contribution >= 4 is 29.6 Å². The Labute approximate surface area is 133 Å². The summed E-state index contributed by atoms with van der Waals surface area (Å²) < 4.78 is 15.4. The summed E-state index contributed by atoms with van der Waals surface area (Å²) in [5.41, 5.74) is 0.370. The van der Waals surface area contributed by atoms with Gasteiger partial charge in [0.05, 0.1) is 5.02 Å². The van der Waals surface area contributed by atoms with E-state index in [1.54, 1.807) is 24.3 Å². The van der Waals surface area contributed by atoms with Gasteiger partial charge in [0.15, 0.2) is 0 Å². The third-order valence-electron chi connectivity index (χ3n) is 2.74. The smallest absolute Gasteiger partial charge is 0.348 e. The quantitative estimate of drug-likeness (QED) is 0.369. The van der Waals surface area contributed by atoms with E-state index in [9.17, 15) is 9.59 Å². The maximum absolute atomic E-state index is 11.9. The van der Waals surface area contributed by atoms with Gasteiger partial charge in [-0.3, -0.25) is 0 Å². The van der Waals surface area contributed by atoms with Crippen LogP contribution in [0.15, 0.2) is 36.4 Å². The summed E-state index contributed by atoms with van der Waals surface area (Å²) in [6.07, 6.45) is 2.96. The number of carbonyl (C=O) groups is 2. The van der Waals surface area contributed by atoms with Crippen LogP contribution in [-0.2, 0) is 19.1 Å². The van der Waals surface area contributed by atoms with E-state index >= 15 is 0 Å². The van der Waals surface area contributed by atoms with E-state index in [1.165, 1.54) is 19.9 Å². The molecule has 0 bridgehead atoms. The van der Waals surface area contributed by atoms with E-state index in [1.807, 2.05) is 0 Å². The van der Waals surface area contributed by atoms with Crippen LogP contribution in [0.1, 0.15) is 19.4 Å². The lowest BCUT2D eigenvalue weighted by Crippen LogP contribution is -2.41. The highest BCUT2D eigenvalue weighted by atomic mass is 35.5. The summed E-state index contributed by atoms with van der Waals surface area (Å²) in [6.45, 7) is 6.85. The van der Waals surface area contributed by atoms with Gasteiger partial charge in [-0.2, -0.15) is 0 Å². The van der Waals surface area contributed by atoms with Gasteiger partial charge in [0.1, 0.15) is 17.9 Å². The van der Waals surface area contributed by atoms with Gasteiger partial charge in [-0.05, 0) is 23.8 Å². The SMILES string of the molecule is C=CCOc1ccc(C=C2C(=O)OC(C)(C)OC2=O)cc1Cl. The Morgan fingerprint density at radius 2 is 1.91 bits per heavy atom. The first-order valence-corrected chi connectivity index (χ1v) is 6.92. The fourth-order valence-electron chi connectivity index (χ4n) is 1.82. The Kier molecular flexibility index (Phi) is 4.56. The maximum Gasteiger partial charge on any atom is 0.348 e. The molecule has 1 aromatic carbocycles. The monoisotopic (exact) mass is 322 g/mol. The van der Waals surface area contributed by atoms with Crippen LogP contribution in [0.3, 0.4) is 0 Å². The minimum atomic E-state index is -1.26. The van der Waals surface area contributed by atoms with E-state index < -0.39 is 17.7 Å². The van der Waals surface area contributed by atoms with Crippen LogP contribution >= 0.6 is 11.6 Å². The third-order valence-corrected chi connectivity index (χ3v) is 3.04. The Morgan fingerprint density at radius 3 is 2.45 bits per heavy atom. The van der Waals surface area contributed by atoms with E-state index in [0.29, 0.717) is 22.9 Å². The highest BCUT2D eigenvalue weighted by Gasteiger charge is 2.38. The lowest BCUT2D eigenvalue weighted by Gasteiger charge is -2.29. The zero-order valence-electron chi connectivity index (χ0n) is 12.2. The molecule has 116 valence electrons. The number of carbonyl (C=O) groups excluding carboxylic acids is 2. The van der Waals surface area contributed by atoms with Crippen LogP contribution in [0.2, 0.25) is 5.02 Å². The first kappa shape index (κ1) is 16.1. The molecular formula is C16H15ClO5. The lowest BCUT2D eigenvalue weighted by molar-refractivity contribution is -0.222. The summed E-state index contributed by atoms with van der Waals surface area (Å²) in [4.78, 5) is 23.7. The van der Waals surface area contributed by atoms with Crippen molar-refractivity contribution in [3.05, 3.63) is 47.0 Å². The van der Waals surface area contributed by atoms with Gasteiger partial charge in [0.25, 0.3) is 5.79 Å². The molecule has 6 heteroatoms. The molecule has 0 spiro atoms. The summed E-state index contributed by atoms with van der Waals surface area (Å²) in [5.74, 6) is -2.24. The fourth-order valence-corrected chi connectivity index (χ4v) is 2.06. The predicted octanol–water partition coefficient (Wildman–Crippen LogP) is 3.12. The molecule has 0 aromatic heterocycles. The van der Waals surface area contributed by atoms with Crippen molar-refractivity contribution in [2.24, 2.45) is 0 Å². The van der Waals surface area contributed by atoms with Gasteiger partial charge in [0, 0.05) is 13.8 Å². The predicted molar refractivity (Wildman–Crippen MR) is 81.4 cm³/mol. The second-order valence-corrected chi connectivity index (χ2v) is 5.43. The average molecular weight is 323 g/mol. The van der Waals surface area contributed by atoms with Gasteiger partial charge in [-0.1, -0.05) is 30.3 Å². The van der Waals surface area contributed by atoms with Crippen molar-refractivity contribution in [3.63, 3.8) is 0 Å². The first-order chi connectivity index (χ1) is 10.3. The average Bonchev–Trinajstić information content (AvgIpc) is 2.41. The molecule has 22 heavy (non-hydrogen) atoms. The molecule has 0 unspecified atom stereocenters. The van der Waals surface area contributed by atoms with Crippen molar-refractivity contribution in [3.8, 4) is 5.75 Å². The van der Waals surface area contributed by atoms with E-state index in [0.717, 1.165) is 0 Å². The summed E-state index contributed by atoms with van der Waals surface area (Å²) in [5, 5.41) is 0.356. The van der Waals surface area contributed by atoms with E-state index in [2.05, 4.69) is 6.58 Å². The Balaban J connectivity index is 2.25. The number of benzene rings is 1. The number of rotatable bonds is 4. The zero-order chi connectivity index (χ0) is 16.3. The Hall–Kier alpha value is -2.27. The molecule has 1 fully saturated rings. The number of halogens is 1. The molecule has 1 aliphatic heterocycles. The third kappa shape index (κ3) is 3.68. The largest absolute Gasteiger partial charge is 0.488 e. The van der Waals surface area contributed by atoms with Crippen molar-refractivity contribution < 1.29 is 23.8 Å². The van der Waals surface area contributed by atoms with Gasteiger partial charge in [-0.25, -0.2) is 9.59 Å². The number of cyclic esters (lactones) is 2. The molecule has 0 aliphatic carbocycles. The van der Waals surface area contributed by atoms with Crippen LogP contribution < -0.4 is 4.74 Å². The van der Waals surface area contributed by atoms with Crippen LogP contribution in [-0.4, -0.2) is 24.3 Å². The topological polar surface area (TPSA) is 61.8 Å². The minimum absolute atomic E-state index is 0.185. The maximum atomic E-state index is 11.9. The van der Waals surface area contributed by atoms with Crippen LogP contribution in [0.25, 0.3) is 6.08 Å². The number of ether oxygens (including phenoxy) is 3. The fraction of sp³-hybridized carbons (Fsp3) is 0.250. The van der Waals surface area contributed by atoms with Crippen LogP contribution in [0.5, 0.6) is 5.75 Å². The highest BCUT2D eigenvalue weighted by Crippen LogP contribution is 2.28. The van der Waals surface area contributed by atoms with Crippen molar-refractivity contribution in [2.45, 2.75) is 19.6 Å². The molecule has 1 aromatic rings. The second kappa shape index (κ2) is 6.23. The van der Waals surface area contributed by atoms with Crippen LogP contribution in [0, 0.1) is 0 Å². The Bertz CT molecular complexity index is 639. The standard InChI is InChI=1S/C16H15ClO5/c1-4-7-20-13-6-5-10(9-12(13)17)8-11-14(18)21-16(2,3)22-15(11)19/h4-6,8-9H,1,7H2,2-3H3. The molecule has 2 rings (SSSR count). The van der Waals surface area contributed by atoms with E-state index in [-0.39, 0.29) is 5.57 Å². The first-order valence-electron chi connectivity index (χ1n) is 6.54. The molecule has 0 radical (unpaired) electrons. The summed E-state index contributed by atoms with van der Waals surface area (Å²) in [6, 6.07) is 4.88. The van der Waals surface area contributed by atoms with Gasteiger partial charge < -0.3 is 14.2 Å². The number of esters is 2. The number of hydrogen-bond donors (Lipinski definition) is 0. The molecular weight excluding hydrogens is 308 g/mol. The van der Waals surface area contributed by atoms with Crippen molar-refractivity contribution in [1.29, 1.82) is 0 Å². The normalized spacial score (nSPS) is 16.6. The van der Waals surface area contributed by atoms with Gasteiger partial charge in [-0.15, -0.1) is 0 Å². The molecule has 0 amide bonds. The van der Waals surface area contributed by atoms with Gasteiger partial charge >= 0.3 is 11.9 Å². The molecule has 0 atom stereocenters. The molecule has 0 saturated carbocycles. The van der Waals surface area contributed by atoms with Crippen LogP contribution in [0.4, 0.5) is 0 Å². The Morgan fingerprint density at radius 1 is 1.27 bits per heavy atom. The van der Waals surface area contributed by atoms with Crippen molar-refractivity contribution in [2.75, 3.05) is 6.61 Å². The second-order valence-electron chi connectivity index (χ2n) is 5.03. The lowest BCUT2D eigenvalue weighted by atomic mass is 10.1. The summed E-state index contributed by atoms with van der Waals surface area (Å²) in [7, 11) is 0. The zero-order valence-corrected chi connectivity index (χ0v) is 13.0. The minimum Gasteiger partial charge on any atom is -0.488 e. The molecule has 1 aliphatic rings. The van der Waals surface area contributed by atoms with Gasteiger partial charge in [0.2, 0.25) is 0 Å². The molecule has 1 saturated heterocycles. The molecule has 0 N–H and O–H groups in total. The summed E-state index contributed by atoms with van der Waals surface area (Å²) >= 11 is 6.08. The molecule has 1 heterocycles. The van der Waals surface area contributed by atoms with E-state index in [4.69, 9.17) is 25.8 Å². The molecule has 5 nitrogen and oxygen atoms in total. The highest BCUT2D eigenvalue weighted by molar-refractivity contribution is 6.32. The van der Waals surface area contributed by atoms with Crippen molar-refractivity contribution in [1.82, 2.24) is 0 Å².